The number of hydrogen-bond acceptors (Lipinski definition) is 4. The lowest BCUT2D eigenvalue weighted by Crippen LogP contribution is -1.98. The number of benzene rings is 1. The lowest BCUT2D eigenvalue weighted by molar-refractivity contribution is 0.918. The molecule has 0 amide bonds. The number of fused-ring (bicyclic) bond motifs is 1. The average molecular weight is 291 g/mol. The number of nitrogens with two attached hydrogens (primary N) is 1. The molecule has 0 unspecified atom stereocenters. The summed E-state index contributed by atoms with van der Waals surface area (Å²) in [5, 5.41) is 9.80. The monoisotopic (exact) mass is 290 g/mol. The SMILES string of the molecule is NCc1ccc(Cl)cc1Sc1nnc2ccccn12. The number of pyridine rings is 1. The van der Waals surface area contributed by atoms with Gasteiger partial charge >= 0.3 is 0 Å². The van der Waals surface area contributed by atoms with Gasteiger partial charge in [0.1, 0.15) is 0 Å². The van der Waals surface area contributed by atoms with Crippen LogP contribution in [0.4, 0.5) is 0 Å². The van der Waals surface area contributed by atoms with Gasteiger partial charge < -0.3 is 5.73 Å². The lowest BCUT2D eigenvalue weighted by Gasteiger charge is -2.06. The Labute approximate surface area is 119 Å². The quantitative estimate of drug-likeness (QED) is 0.806. The Morgan fingerprint density at radius 1 is 1.21 bits per heavy atom. The molecule has 0 bridgehead atoms. The van der Waals surface area contributed by atoms with E-state index in [0.29, 0.717) is 11.6 Å². The van der Waals surface area contributed by atoms with Crippen molar-refractivity contribution in [2.75, 3.05) is 0 Å². The second-order valence-electron chi connectivity index (χ2n) is 3.97. The highest BCUT2D eigenvalue weighted by Crippen LogP contribution is 2.31. The Kier molecular flexibility index (Phi) is 3.42. The zero-order valence-corrected chi connectivity index (χ0v) is 11.5. The summed E-state index contributed by atoms with van der Waals surface area (Å²) in [6.45, 7) is 0.468. The van der Waals surface area contributed by atoms with Gasteiger partial charge in [-0.1, -0.05) is 23.7 Å². The molecule has 0 saturated heterocycles. The van der Waals surface area contributed by atoms with Crippen LogP contribution in [-0.4, -0.2) is 14.6 Å². The number of rotatable bonds is 3. The zero-order valence-electron chi connectivity index (χ0n) is 9.95. The summed E-state index contributed by atoms with van der Waals surface area (Å²) in [7, 11) is 0. The van der Waals surface area contributed by atoms with Crippen LogP contribution in [0.2, 0.25) is 5.02 Å². The van der Waals surface area contributed by atoms with Crippen molar-refractivity contribution in [1.82, 2.24) is 14.6 Å². The lowest BCUT2D eigenvalue weighted by atomic mass is 10.2. The summed E-state index contributed by atoms with van der Waals surface area (Å²) >= 11 is 7.55. The molecular formula is C13H11ClN4S. The van der Waals surface area contributed by atoms with Crippen molar-refractivity contribution in [2.45, 2.75) is 16.6 Å². The highest BCUT2D eigenvalue weighted by atomic mass is 35.5. The van der Waals surface area contributed by atoms with Gasteiger partial charge in [-0.15, -0.1) is 10.2 Å². The molecule has 6 heteroatoms. The van der Waals surface area contributed by atoms with Crippen LogP contribution in [0.5, 0.6) is 0 Å². The summed E-state index contributed by atoms with van der Waals surface area (Å²) in [6, 6.07) is 11.5. The van der Waals surface area contributed by atoms with Crippen LogP contribution in [0.25, 0.3) is 5.65 Å². The molecule has 96 valence electrons. The Morgan fingerprint density at radius 3 is 2.95 bits per heavy atom. The van der Waals surface area contributed by atoms with E-state index in [1.54, 1.807) is 0 Å². The van der Waals surface area contributed by atoms with E-state index < -0.39 is 0 Å². The summed E-state index contributed by atoms with van der Waals surface area (Å²) in [6.07, 6.45) is 1.93. The van der Waals surface area contributed by atoms with Crippen molar-refractivity contribution in [3.63, 3.8) is 0 Å². The van der Waals surface area contributed by atoms with E-state index in [-0.39, 0.29) is 0 Å². The van der Waals surface area contributed by atoms with Gasteiger partial charge in [0.2, 0.25) is 0 Å². The first-order valence-corrected chi connectivity index (χ1v) is 6.93. The van der Waals surface area contributed by atoms with Gasteiger partial charge in [-0.25, -0.2) is 0 Å². The molecule has 2 N–H and O–H groups in total. The first kappa shape index (κ1) is 12.5. The highest BCUT2D eigenvalue weighted by Gasteiger charge is 2.10. The number of halogens is 1. The van der Waals surface area contributed by atoms with E-state index in [4.69, 9.17) is 17.3 Å². The molecule has 0 saturated carbocycles. The highest BCUT2D eigenvalue weighted by molar-refractivity contribution is 7.99. The fraction of sp³-hybridized carbons (Fsp3) is 0.0769. The topological polar surface area (TPSA) is 56.2 Å². The molecule has 0 atom stereocenters. The summed E-state index contributed by atoms with van der Waals surface area (Å²) in [5.41, 5.74) is 7.61. The Morgan fingerprint density at radius 2 is 2.11 bits per heavy atom. The second-order valence-corrected chi connectivity index (χ2v) is 5.42. The maximum atomic E-state index is 6.04. The summed E-state index contributed by atoms with van der Waals surface area (Å²) in [5.74, 6) is 0. The maximum absolute atomic E-state index is 6.04. The minimum atomic E-state index is 0.468. The minimum Gasteiger partial charge on any atom is -0.326 e. The predicted octanol–water partition coefficient (Wildman–Crippen LogP) is 2.99. The van der Waals surface area contributed by atoms with Crippen molar-refractivity contribution >= 4 is 29.0 Å². The van der Waals surface area contributed by atoms with Gasteiger partial charge in [0.15, 0.2) is 10.8 Å². The Balaban J connectivity index is 2.03. The summed E-state index contributed by atoms with van der Waals surface area (Å²) in [4.78, 5) is 1.01. The first-order chi connectivity index (χ1) is 9.28. The van der Waals surface area contributed by atoms with Crippen molar-refractivity contribution in [3.05, 3.63) is 53.2 Å². The fourth-order valence-electron chi connectivity index (χ4n) is 1.78. The van der Waals surface area contributed by atoms with E-state index in [0.717, 1.165) is 21.3 Å². The van der Waals surface area contributed by atoms with Crippen molar-refractivity contribution in [2.24, 2.45) is 5.73 Å². The molecule has 0 aliphatic heterocycles. The molecule has 1 aromatic carbocycles. The van der Waals surface area contributed by atoms with E-state index in [9.17, 15) is 0 Å². The fourth-order valence-corrected chi connectivity index (χ4v) is 3.02. The first-order valence-electron chi connectivity index (χ1n) is 5.74. The standard InChI is InChI=1S/C13H11ClN4S/c14-10-5-4-9(8-15)11(7-10)19-13-17-16-12-3-1-2-6-18(12)13/h1-7H,8,15H2. The molecule has 0 aliphatic rings. The van der Waals surface area contributed by atoms with Crippen molar-refractivity contribution in [3.8, 4) is 0 Å². The van der Waals surface area contributed by atoms with Crippen LogP contribution in [0.3, 0.4) is 0 Å². The smallest absolute Gasteiger partial charge is 0.200 e. The molecule has 0 radical (unpaired) electrons. The molecule has 0 fully saturated rings. The molecule has 2 heterocycles. The molecular weight excluding hydrogens is 280 g/mol. The summed E-state index contributed by atoms with van der Waals surface area (Å²) < 4.78 is 1.94. The third-order valence-corrected chi connectivity index (χ3v) is 4.03. The molecule has 2 aromatic heterocycles. The van der Waals surface area contributed by atoms with Crippen LogP contribution in [0, 0.1) is 0 Å². The van der Waals surface area contributed by atoms with Crippen LogP contribution in [0.1, 0.15) is 5.56 Å². The van der Waals surface area contributed by atoms with Crippen LogP contribution < -0.4 is 5.73 Å². The van der Waals surface area contributed by atoms with Gasteiger partial charge in [0.25, 0.3) is 0 Å². The van der Waals surface area contributed by atoms with Gasteiger partial charge in [0, 0.05) is 22.7 Å². The Hall–Kier alpha value is -1.56. The predicted molar refractivity (Wildman–Crippen MR) is 76.5 cm³/mol. The third kappa shape index (κ3) is 2.45. The van der Waals surface area contributed by atoms with Crippen molar-refractivity contribution < 1.29 is 0 Å². The zero-order chi connectivity index (χ0) is 13.2. The molecule has 0 aliphatic carbocycles. The van der Waals surface area contributed by atoms with Gasteiger partial charge in [0.05, 0.1) is 0 Å². The van der Waals surface area contributed by atoms with E-state index in [1.165, 1.54) is 11.8 Å². The molecule has 4 nitrogen and oxygen atoms in total. The Bertz CT molecular complexity index is 725. The minimum absolute atomic E-state index is 0.468. The largest absolute Gasteiger partial charge is 0.326 e. The number of hydrogen-bond donors (Lipinski definition) is 1. The second kappa shape index (κ2) is 5.21. The van der Waals surface area contributed by atoms with Gasteiger partial charge in [-0.3, -0.25) is 4.40 Å². The van der Waals surface area contributed by atoms with E-state index >= 15 is 0 Å². The molecule has 3 aromatic rings. The molecule has 3 rings (SSSR count). The van der Waals surface area contributed by atoms with E-state index in [2.05, 4.69) is 10.2 Å². The normalized spacial score (nSPS) is 11.1. The van der Waals surface area contributed by atoms with Crippen LogP contribution >= 0.6 is 23.4 Å². The van der Waals surface area contributed by atoms with Crippen LogP contribution in [0.15, 0.2) is 52.6 Å². The van der Waals surface area contributed by atoms with Gasteiger partial charge in [-0.2, -0.15) is 0 Å². The molecule has 0 spiro atoms. The van der Waals surface area contributed by atoms with E-state index in [1.807, 2.05) is 47.0 Å². The van der Waals surface area contributed by atoms with Crippen molar-refractivity contribution in [1.29, 1.82) is 0 Å². The van der Waals surface area contributed by atoms with Gasteiger partial charge in [-0.05, 0) is 41.6 Å². The third-order valence-electron chi connectivity index (χ3n) is 2.73. The maximum Gasteiger partial charge on any atom is 0.200 e. The molecule has 19 heavy (non-hydrogen) atoms. The number of nitrogens with zero attached hydrogens (tertiary/aromatic N) is 3. The average Bonchev–Trinajstić information content (AvgIpc) is 2.83. The van der Waals surface area contributed by atoms with Crippen LogP contribution in [-0.2, 0) is 6.54 Å². The number of aromatic nitrogens is 3.